The highest BCUT2D eigenvalue weighted by atomic mass is 32.1. The third-order valence-electron chi connectivity index (χ3n) is 4.88. The number of hydrogen-bond donors (Lipinski definition) is 0. The molecule has 3 heterocycles. The van der Waals surface area contributed by atoms with Crippen molar-refractivity contribution in [1.82, 2.24) is 14.9 Å². The maximum absolute atomic E-state index is 13.2. The number of ether oxygens (including phenoxy) is 2. The van der Waals surface area contributed by atoms with E-state index in [1.807, 2.05) is 42.2 Å². The molecule has 0 spiro atoms. The van der Waals surface area contributed by atoms with Crippen LogP contribution in [0.2, 0.25) is 0 Å². The summed E-state index contributed by atoms with van der Waals surface area (Å²) in [6.07, 6.45) is 2.52. The molecule has 0 saturated heterocycles. The van der Waals surface area contributed by atoms with Crippen molar-refractivity contribution in [3.05, 3.63) is 58.2 Å². The summed E-state index contributed by atoms with van der Waals surface area (Å²) in [6, 6.07) is 9.66. The van der Waals surface area contributed by atoms with Crippen LogP contribution in [0.3, 0.4) is 0 Å². The molecule has 1 amide bonds. The molecule has 1 aliphatic heterocycles. The van der Waals surface area contributed by atoms with Gasteiger partial charge in [-0.1, -0.05) is 6.07 Å². The Hall–Kier alpha value is -2.93. The lowest BCUT2D eigenvalue weighted by Gasteiger charge is -2.29. The molecule has 6 nitrogen and oxygen atoms in total. The number of benzene rings is 1. The van der Waals surface area contributed by atoms with Crippen molar-refractivity contribution in [3.63, 3.8) is 0 Å². The van der Waals surface area contributed by atoms with Gasteiger partial charge in [0.15, 0.2) is 11.5 Å². The summed E-state index contributed by atoms with van der Waals surface area (Å²) < 4.78 is 10.8. The molecule has 0 fully saturated rings. The molecular formula is C21H21N3O3S. The van der Waals surface area contributed by atoms with E-state index in [0.717, 1.165) is 34.1 Å². The lowest BCUT2D eigenvalue weighted by molar-refractivity contribution is 0.0738. The third kappa shape index (κ3) is 3.33. The normalized spacial score (nSPS) is 13.2. The van der Waals surface area contributed by atoms with Crippen LogP contribution in [-0.2, 0) is 13.0 Å². The maximum atomic E-state index is 13.2. The topological polar surface area (TPSA) is 64.6 Å². The van der Waals surface area contributed by atoms with E-state index in [1.165, 1.54) is 16.9 Å². The molecule has 1 aliphatic rings. The van der Waals surface area contributed by atoms with Crippen molar-refractivity contribution >= 4 is 17.2 Å². The summed E-state index contributed by atoms with van der Waals surface area (Å²) in [7, 11) is 3.25. The number of thiazole rings is 1. The Kier molecular flexibility index (Phi) is 5.00. The van der Waals surface area contributed by atoms with Crippen molar-refractivity contribution in [3.8, 4) is 22.2 Å². The van der Waals surface area contributed by atoms with Crippen LogP contribution in [0, 0.1) is 6.92 Å². The second-order valence-corrected chi connectivity index (χ2v) is 7.60. The van der Waals surface area contributed by atoms with E-state index in [1.54, 1.807) is 20.4 Å². The number of methoxy groups -OCH3 is 2. The van der Waals surface area contributed by atoms with E-state index in [2.05, 4.69) is 9.97 Å². The van der Waals surface area contributed by atoms with E-state index in [0.29, 0.717) is 23.7 Å². The van der Waals surface area contributed by atoms with Crippen LogP contribution in [0.5, 0.6) is 11.5 Å². The zero-order valence-corrected chi connectivity index (χ0v) is 16.9. The molecule has 0 atom stereocenters. The van der Waals surface area contributed by atoms with Crippen molar-refractivity contribution in [2.75, 3.05) is 20.8 Å². The van der Waals surface area contributed by atoms with E-state index < -0.39 is 0 Å². The zero-order valence-electron chi connectivity index (χ0n) is 16.1. The van der Waals surface area contributed by atoms with Crippen LogP contribution in [0.25, 0.3) is 10.7 Å². The number of fused-ring (bicyclic) bond motifs is 1. The molecule has 7 heteroatoms. The largest absolute Gasteiger partial charge is 0.493 e. The van der Waals surface area contributed by atoms with Crippen LogP contribution in [-0.4, -0.2) is 41.5 Å². The predicted octanol–water partition coefficient (Wildman–Crippen LogP) is 3.73. The first-order valence-electron chi connectivity index (χ1n) is 9.02. The number of pyridine rings is 1. The third-order valence-corrected chi connectivity index (χ3v) is 6.05. The van der Waals surface area contributed by atoms with Gasteiger partial charge in [0.2, 0.25) is 0 Å². The zero-order chi connectivity index (χ0) is 19.7. The Labute approximate surface area is 167 Å². The number of nitrogens with zero attached hydrogens (tertiary/aromatic N) is 3. The van der Waals surface area contributed by atoms with Gasteiger partial charge in [0.05, 0.1) is 25.6 Å². The van der Waals surface area contributed by atoms with Crippen molar-refractivity contribution in [2.45, 2.75) is 19.9 Å². The van der Waals surface area contributed by atoms with E-state index in [4.69, 9.17) is 9.47 Å². The number of aromatic nitrogens is 2. The smallest absolute Gasteiger partial charge is 0.266 e. The van der Waals surface area contributed by atoms with Crippen molar-refractivity contribution in [1.29, 1.82) is 0 Å². The maximum Gasteiger partial charge on any atom is 0.266 e. The molecule has 0 N–H and O–H groups in total. The predicted molar refractivity (Wildman–Crippen MR) is 108 cm³/mol. The Balaban J connectivity index is 1.60. The molecule has 0 unspecified atom stereocenters. The van der Waals surface area contributed by atoms with Gasteiger partial charge in [-0.25, -0.2) is 4.98 Å². The Morgan fingerprint density at radius 1 is 1.14 bits per heavy atom. The fourth-order valence-corrected chi connectivity index (χ4v) is 4.40. The van der Waals surface area contributed by atoms with Gasteiger partial charge in [0, 0.05) is 19.3 Å². The second-order valence-electron chi connectivity index (χ2n) is 6.60. The van der Waals surface area contributed by atoms with Crippen molar-refractivity contribution < 1.29 is 14.3 Å². The summed E-state index contributed by atoms with van der Waals surface area (Å²) in [4.78, 5) is 24.6. The highest BCUT2D eigenvalue weighted by Gasteiger charge is 2.26. The van der Waals surface area contributed by atoms with Crippen LogP contribution in [0.4, 0.5) is 0 Å². The number of carbonyl (C=O) groups excluding carboxylic acids is 1. The quantitative estimate of drug-likeness (QED) is 0.674. The van der Waals surface area contributed by atoms with Gasteiger partial charge in [0.25, 0.3) is 5.91 Å². The van der Waals surface area contributed by atoms with Gasteiger partial charge in [-0.05, 0) is 48.7 Å². The summed E-state index contributed by atoms with van der Waals surface area (Å²) >= 11 is 1.40. The monoisotopic (exact) mass is 395 g/mol. The van der Waals surface area contributed by atoms with Gasteiger partial charge in [0.1, 0.15) is 9.88 Å². The highest BCUT2D eigenvalue weighted by molar-refractivity contribution is 7.17. The Bertz CT molecular complexity index is 1020. The molecule has 4 rings (SSSR count). The van der Waals surface area contributed by atoms with Gasteiger partial charge < -0.3 is 14.4 Å². The molecule has 0 bridgehead atoms. The number of rotatable bonds is 4. The van der Waals surface area contributed by atoms with E-state index in [9.17, 15) is 4.79 Å². The molecule has 3 aromatic rings. The lowest BCUT2D eigenvalue weighted by Crippen LogP contribution is -2.35. The average molecular weight is 395 g/mol. The molecule has 0 radical (unpaired) electrons. The fourth-order valence-electron chi connectivity index (χ4n) is 3.39. The standard InChI is InChI=1S/C21H21N3O3S/c1-13-19(28-20(23-13)16-6-4-5-8-22-16)21(25)24-9-7-14-10-17(26-2)18(27-3)11-15(14)12-24/h4-6,8,10-11H,7,9,12H2,1-3H3. The van der Waals surface area contributed by atoms with Gasteiger partial charge >= 0.3 is 0 Å². The minimum atomic E-state index is 0.0117. The molecule has 0 aliphatic carbocycles. The minimum Gasteiger partial charge on any atom is -0.493 e. The van der Waals surface area contributed by atoms with Crippen molar-refractivity contribution in [2.24, 2.45) is 0 Å². The van der Waals surface area contributed by atoms with E-state index in [-0.39, 0.29) is 5.91 Å². The number of hydrogen-bond acceptors (Lipinski definition) is 6. The fraction of sp³-hybridized carbons (Fsp3) is 0.286. The van der Waals surface area contributed by atoms with Crippen LogP contribution >= 0.6 is 11.3 Å². The SMILES string of the molecule is COc1cc2c(cc1OC)CN(C(=O)c1sc(-c3ccccn3)nc1C)CC2. The van der Waals surface area contributed by atoms with Crippen LogP contribution < -0.4 is 9.47 Å². The van der Waals surface area contributed by atoms with E-state index >= 15 is 0 Å². The number of amides is 1. The van der Waals surface area contributed by atoms with Gasteiger partial charge in [-0.2, -0.15) is 0 Å². The molecule has 1 aromatic carbocycles. The minimum absolute atomic E-state index is 0.0117. The summed E-state index contributed by atoms with van der Waals surface area (Å²) in [5.74, 6) is 1.42. The average Bonchev–Trinajstić information content (AvgIpc) is 3.14. The van der Waals surface area contributed by atoms with Crippen LogP contribution in [0.1, 0.15) is 26.5 Å². The molecule has 0 saturated carbocycles. The second kappa shape index (κ2) is 7.59. The number of aryl methyl sites for hydroxylation is 1. The molecule has 144 valence electrons. The Morgan fingerprint density at radius 3 is 2.57 bits per heavy atom. The summed E-state index contributed by atoms with van der Waals surface area (Å²) in [5, 5.41) is 0.769. The summed E-state index contributed by atoms with van der Waals surface area (Å²) in [5.41, 5.74) is 3.81. The Morgan fingerprint density at radius 2 is 1.89 bits per heavy atom. The van der Waals surface area contributed by atoms with Gasteiger partial charge in [-0.3, -0.25) is 9.78 Å². The first-order chi connectivity index (χ1) is 13.6. The summed E-state index contributed by atoms with van der Waals surface area (Å²) in [6.45, 7) is 3.09. The lowest BCUT2D eigenvalue weighted by atomic mass is 9.98. The molecule has 28 heavy (non-hydrogen) atoms. The van der Waals surface area contributed by atoms with Crippen LogP contribution in [0.15, 0.2) is 36.5 Å². The molecule has 2 aromatic heterocycles. The first kappa shape index (κ1) is 18.4. The first-order valence-corrected chi connectivity index (χ1v) is 9.84. The molecular weight excluding hydrogens is 374 g/mol. The van der Waals surface area contributed by atoms with Gasteiger partial charge in [-0.15, -0.1) is 11.3 Å². The highest BCUT2D eigenvalue weighted by Crippen LogP contribution is 2.34. The number of carbonyl (C=O) groups is 1.